The van der Waals surface area contributed by atoms with Gasteiger partial charge in [0.2, 0.25) is 5.91 Å². The Morgan fingerprint density at radius 1 is 1.39 bits per heavy atom. The Kier molecular flexibility index (Phi) is 3.13. The first-order valence-corrected chi connectivity index (χ1v) is 7.78. The third-order valence-corrected chi connectivity index (χ3v) is 5.18. The van der Waals surface area contributed by atoms with Gasteiger partial charge in [0.15, 0.2) is 0 Å². The highest BCUT2D eigenvalue weighted by Crippen LogP contribution is 2.42. The zero-order valence-electron chi connectivity index (χ0n) is 11.7. The lowest BCUT2D eigenvalue weighted by atomic mass is 9.97. The van der Waals surface area contributed by atoms with E-state index >= 15 is 0 Å². The van der Waals surface area contributed by atoms with Crippen LogP contribution in [0.4, 0.5) is 0 Å². The minimum absolute atomic E-state index is 0.178. The number of nitrogens with zero attached hydrogens (tertiary/aromatic N) is 1. The highest BCUT2D eigenvalue weighted by atomic mass is 16.2. The number of carbonyl (C=O) groups excluding carboxylic acids is 1. The van der Waals surface area contributed by atoms with E-state index in [9.17, 15) is 4.79 Å². The van der Waals surface area contributed by atoms with Crippen LogP contribution in [0.1, 0.15) is 65.2 Å². The Morgan fingerprint density at radius 2 is 2.06 bits per heavy atom. The molecule has 3 fully saturated rings. The van der Waals surface area contributed by atoms with Gasteiger partial charge >= 0.3 is 0 Å². The number of hydrogen-bond acceptors (Lipinski definition) is 2. The third-order valence-electron chi connectivity index (χ3n) is 5.18. The molecule has 0 bridgehead atoms. The van der Waals surface area contributed by atoms with Crippen LogP contribution in [0.2, 0.25) is 0 Å². The average molecular weight is 250 g/mol. The van der Waals surface area contributed by atoms with Gasteiger partial charge in [0.1, 0.15) is 0 Å². The topological polar surface area (TPSA) is 32.3 Å². The molecule has 1 heterocycles. The number of rotatable bonds is 4. The molecule has 2 saturated carbocycles. The standard InChI is InChI=1S/C15H26N2O/c1-3-6-13-16-15(9-4-5-10-15)14(18)17(13)11(2)12-7-8-12/h11-13,16H,3-10H2,1-2H3. The van der Waals surface area contributed by atoms with E-state index < -0.39 is 0 Å². The van der Waals surface area contributed by atoms with E-state index in [4.69, 9.17) is 0 Å². The van der Waals surface area contributed by atoms with Crippen molar-refractivity contribution in [3.63, 3.8) is 0 Å². The van der Waals surface area contributed by atoms with Crippen molar-refractivity contribution in [3.05, 3.63) is 0 Å². The quantitative estimate of drug-likeness (QED) is 0.832. The first-order chi connectivity index (χ1) is 8.68. The van der Waals surface area contributed by atoms with E-state index in [1.807, 2.05) is 0 Å². The summed E-state index contributed by atoms with van der Waals surface area (Å²) >= 11 is 0. The van der Waals surface area contributed by atoms with Gasteiger partial charge in [-0.05, 0) is 44.9 Å². The zero-order chi connectivity index (χ0) is 12.8. The summed E-state index contributed by atoms with van der Waals surface area (Å²) in [5.41, 5.74) is -0.178. The lowest BCUT2D eigenvalue weighted by Gasteiger charge is -2.30. The van der Waals surface area contributed by atoms with Crippen LogP contribution in [-0.4, -0.2) is 28.6 Å². The van der Waals surface area contributed by atoms with Gasteiger partial charge in [0.25, 0.3) is 0 Å². The van der Waals surface area contributed by atoms with Gasteiger partial charge in [-0.2, -0.15) is 0 Å². The van der Waals surface area contributed by atoms with Gasteiger partial charge in [-0.1, -0.05) is 26.2 Å². The molecule has 1 N–H and O–H groups in total. The number of carbonyl (C=O) groups is 1. The van der Waals surface area contributed by atoms with Crippen molar-refractivity contribution in [1.29, 1.82) is 0 Å². The van der Waals surface area contributed by atoms with Crippen molar-refractivity contribution in [2.45, 2.75) is 83.0 Å². The monoisotopic (exact) mass is 250 g/mol. The maximum atomic E-state index is 12.9. The Bertz CT molecular complexity index is 331. The van der Waals surface area contributed by atoms with Crippen LogP contribution in [0.25, 0.3) is 0 Å². The van der Waals surface area contributed by atoms with Crippen LogP contribution >= 0.6 is 0 Å². The average Bonchev–Trinajstić information content (AvgIpc) is 3.04. The smallest absolute Gasteiger partial charge is 0.244 e. The van der Waals surface area contributed by atoms with Crippen molar-refractivity contribution in [3.8, 4) is 0 Å². The molecular weight excluding hydrogens is 224 g/mol. The normalized spacial score (nSPS) is 32.4. The van der Waals surface area contributed by atoms with Crippen LogP contribution in [0, 0.1) is 5.92 Å². The number of nitrogens with one attached hydrogen (secondary N) is 1. The molecule has 3 aliphatic rings. The minimum Gasteiger partial charge on any atom is -0.323 e. The largest absolute Gasteiger partial charge is 0.323 e. The van der Waals surface area contributed by atoms with Gasteiger partial charge in [-0.3, -0.25) is 10.1 Å². The first kappa shape index (κ1) is 12.5. The molecular formula is C15H26N2O. The van der Waals surface area contributed by atoms with Gasteiger partial charge in [0.05, 0.1) is 11.7 Å². The van der Waals surface area contributed by atoms with E-state index in [0.717, 1.165) is 31.6 Å². The number of amides is 1. The van der Waals surface area contributed by atoms with Crippen LogP contribution in [0.15, 0.2) is 0 Å². The summed E-state index contributed by atoms with van der Waals surface area (Å²) in [4.78, 5) is 15.1. The highest BCUT2D eigenvalue weighted by Gasteiger charge is 2.54. The zero-order valence-corrected chi connectivity index (χ0v) is 11.7. The molecule has 3 rings (SSSR count). The molecule has 102 valence electrons. The predicted octanol–water partition coefficient (Wildman–Crippen LogP) is 2.66. The van der Waals surface area contributed by atoms with Crippen molar-refractivity contribution in [2.75, 3.05) is 0 Å². The maximum absolute atomic E-state index is 12.9. The molecule has 1 aliphatic heterocycles. The van der Waals surface area contributed by atoms with Crippen molar-refractivity contribution < 1.29 is 4.79 Å². The summed E-state index contributed by atoms with van der Waals surface area (Å²) in [5, 5.41) is 3.71. The second kappa shape index (κ2) is 4.52. The molecule has 0 radical (unpaired) electrons. The Morgan fingerprint density at radius 3 is 2.61 bits per heavy atom. The Hall–Kier alpha value is -0.570. The third kappa shape index (κ3) is 1.87. The fourth-order valence-electron chi connectivity index (χ4n) is 3.93. The van der Waals surface area contributed by atoms with Crippen LogP contribution in [0.3, 0.4) is 0 Å². The second-order valence-electron chi connectivity index (χ2n) is 6.53. The van der Waals surface area contributed by atoms with Gasteiger partial charge in [-0.15, -0.1) is 0 Å². The summed E-state index contributed by atoms with van der Waals surface area (Å²) in [5.74, 6) is 1.18. The summed E-state index contributed by atoms with van der Waals surface area (Å²) in [6, 6.07) is 0.446. The van der Waals surface area contributed by atoms with E-state index in [1.54, 1.807) is 0 Å². The molecule has 2 atom stereocenters. The predicted molar refractivity (Wildman–Crippen MR) is 72.1 cm³/mol. The molecule has 1 saturated heterocycles. The van der Waals surface area contributed by atoms with E-state index in [0.29, 0.717) is 18.1 Å². The van der Waals surface area contributed by atoms with Crippen molar-refractivity contribution in [2.24, 2.45) is 5.92 Å². The maximum Gasteiger partial charge on any atom is 0.244 e. The van der Waals surface area contributed by atoms with E-state index in [-0.39, 0.29) is 5.54 Å². The second-order valence-corrected chi connectivity index (χ2v) is 6.53. The SMILES string of the molecule is CCCC1NC2(CCCC2)C(=O)N1C(C)C1CC1. The Labute approximate surface area is 110 Å². The van der Waals surface area contributed by atoms with Crippen LogP contribution < -0.4 is 5.32 Å². The molecule has 3 heteroatoms. The fourth-order valence-corrected chi connectivity index (χ4v) is 3.93. The molecule has 18 heavy (non-hydrogen) atoms. The van der Waals surface area contributed by atoms with Gasteiger partial charge < -0.3 is 4.90 Å². The molecule has 2 unspecified atom stereocenters. The molecule has 1 amide bonds. The van der Waals surface area contributed by atoms with Crippen LogP contribution in [0.5, 0.6) is 0 Å². The first-order valence-electron chi connectivity index (χ1n) is 7.78. The molecule has 1 spiro atoms. The van der Waals surface area contributed by atoms with Crippen LogP contribution in [-0.2, 0) is 4.79 Å². The summed E-state index contributed by atoms with van der Waals surface area (Å²) in [6.45, 7) is 4.47. The van der Waals surface area contributed by atoms with Gasteiger partial charge in [-0.25, -0.2) is 0 Å². The lowest BCUT2D eigenvalue weighted by molar-refractivity contribution is -0.135. The summed E-state index contributed by atoms with van der Waals surface area (Å²) < 4.78 is 0. The number of hydrogen-bond donors (Lipinski definition) is 1. The van der Waals surface area contributed by atoms with E-state index in [2.05, 4.69) is 24.1 Å². The molecule has 0 aromatic rings. The molecule has 0 aromatic heterocycles. The molecule has 0 aromatic carbocycles. The molecule has 2 aliphatic carbocycles. The highest BCUT2D eigenvalue weighted by molar-refractivity contribution is 5.89. The minimum atomic E-state index is -0.178. The van der Waals surface area contributed by atoms with Crippen molar-refractivity contribution in [1.82, 2.24) is 10.2 Å². The fraction of sp³-hybridized carbons (Fsp3) is 0.933. The lowest BCUT2D eigenvalue weighted by Crippen LogP contribution is -2.45. The van der Waals surface area contributed by atoms with Crippen molar-refractivity contribution >= 4 is 5.91 Å². The summed E-state index contributed by atoms with van der Waals surface area (Å²) in [7, 11) is 0. The molecule has 3 nitrogen and oxygen atoms in total. The Balaban J connectivity index is 1.81. The summed E-state index contributed by atoms with van der Waals surface area (Å²) in [6.07, 6.45) is 9.72. The van der Waals surface area contributed by atoms with Gasteiger partial charge in [0, 0.05) is 6.04 Å². The van der Waals surface area contributed by atoms with E-state index in [1.165, 1.54) is 25.7 Å².